The molecule has 6 heteroatoms. The van der Waals surface area contributed by atoms with Crippen molar-refractivity contribution in [3.63, 3.8) is 0 Å². The number of piperazine rings is 1. The monoisotopic (exact) mass is 289 g/mol. The number of hydrogen-bond acceptors (Lipinski definition) is 5. The fraction of sp³-hybridized carbons (Fsp3) is 0.667. The number of rotatable bonds is 4. The number of nitrogens with zero attached hydrogens (tertiary/aromatic N) is 4. The summed E-state index contributed by atoms with van der Waals surface area (Å²) in [7, 11) is 0. The second kappa shape index (κ2) is 5.97. The van der Waals surface area contributed by atoms with Crippen LogP contribution in [-0.4, -0.2) is 52.5 Å². The Bertz CT molecular complexity index is 501. The van der Waals surface area contributed by atoms with Gasteiger partial charge < -0.3 is 15.1 Å². The molecule has 1 aromatic rings. The van der Waals surface area contributed by atoms with Gasteiger partial charge in [-0.25, -0.2) is 9.97 Å². The molecule has 1 aromatic heterocycles. The van der Waals surface area contributed by atoms with Gasteiger partial charge in [0, 0.05) is 62.6 Å². The molecule has 3 rings (SSSR count). The van der Waals surface area contributed by atoms with E-state index < -0.39 is 0 Å². The molecule has 0 radical (unpaired) electrons. The van der Waals surface area contributed by atoms with Crippen molar-refractivity contribution in [3.8, 4) is 0 Å². The molecule has 2 aliphatic heterocycles. The smallest absolute Gasteiger partial charge is 0.225 e. The topological polar surface area (TPSA) is 61.4 Å². The SMILES string of the molecule is CC(C)NCc1cnc(N2CCN3C(=O)CCC3C2)nc1. The summed E-state index contributed by atoms with van der Waals surface area (Å²) >= 11 is 0. The number of carbonyl (C=O) groups excluding carboxylic acids is 1. The van der Waals surface area contributed by atoms with Crippen molar-refractivity contribution in [2.45, 2.75) is 45.3 Å². The van der Waals surface area contributed by atoms with Gasteiger partial charge in [-0.1, -0.05) is 13.8 Å². The van der Waals surface area contributed by atoms with Crippen LogP contribution in [0.2, 0.25) is 0 Å². The third kappa shape index (κ3) is 3.15. The van der Waals surface area contributed by atoms with E-state index in [0.717, 1.165) is 44.1 Å². The maximum Gasteiger partial charge on any atom is 0.225 e. The minimum absolute atomic E-state index is 0.302. The summed E-state index contributed by atoms with van der Waals surface area (Å²) in [6, 6.07) is 0.801. The van der Waals surface area contributed by atoms with Crippen LogP contribution < -0.4 is 10.2 Å². The zero-order valence-corrected chi connectivity index (χ0v) is 12.7. The minimum atomic E-state index is 0.302. The minimum Gasteiger partial charge on any atom is -0.337 e. The van der Waals surface area contributed by atoms with E-state index in [4.69, 9.17) is 0 Å². The van der Waals surface area contributed by atoms with Crippen LogP contribution in [-0.2, 0) is 11.3 Å². The summed E-state index contributed by atoms with van der Waals surface area (Å²) in [5.74, 6) is 1.08. The lowest BCUT2D eigenvalue weighted by Crippen LogP contribution is -2.52. The van der Waals surface area contributed by atoms with E-state index in [1.165, 1.54) is 0 Å². The first kappa shape index (κ1) is 14.3. The van der Waals surface area contributed by atoms with Gasteiger partial charge in [0.05, 0.1) is 0 Å². The molecule has 0 aliphatic carbocycles. The zero-order valence-electron chi connectivity index (χ0n) is 12.7. The van der Waals surface area contributed by atoms with E-state index in [0.29, 0.717) is 24.4 Å². The molecule has 1 N–H and O–H groups in total. The Kier molecular flexibility index (Phi) is 4.05. The van der Waals surface area contributed by atoms with E-state index in [9.17, 15) is 4.79 Å². The number of anilines is 1. The third-order valence-corrected chi connectivity index (χ3v) is 4.18. The summed E-state index contributed by atoms with van der Waals surface area (Å²) in [6.07, 6.45) is 5.44. The van der Waals surface area contributed by atoms with Gasteiger partial charge in [0.25, 0.3) is 0 Å². The summed E-state index contributed by atoms with van der Waals surface area (Å²) in [6.45, 7) is 7.52. The first-order chi connectivity index (χ1) is 10.1. The number of nitrogens with one attached hydrogen (secondary N) is 1. The Hall–Kier alpha value is -1.69. The van der Waals surface area contributed by atoms with E-state index in [1.54, 1.807) is 0 Å². The molecule has 0 saturated carbocycles. The van der Waals surface area contributed by atoms with Crippen LogP contribution in [0.25, 0.3) is 0 Å². The maximum atomic E-state index is 11.7. The van der Waals surface area contributed by atoms with E-state index in [2.05, 4.69) is 34.0 Å². The van der Waals surface area contributed by atoms with Gasteiger partial charge in [0.1, 0.15) is 0 Å². The van der Waals surface area contributed by atoms with Crippen LogP contribution in [0.3, 0.4) is 0 Å². The Labute approximate surface area is 125 Å². The maximum absolute atomic E-state index is 11.7. The lowest BCUT2D eigenvalue weighted by atomic mass is 10.1. The highest BCUT2D eigenvalue weighted by molar-refractivity contribution is 5.79. The molecule has 2 fully saturated rings. The Morgan fingerprint density at radius 1 is 1.33 bits per heavy atom. The fourth-order valence-electron chi connectivity index (χ4n) is 2.97. The fourth-order valence-corrected chi connectivity index (χ4v) is 2.97. The highest BCUT2D eigenvalue weighted by Gasteiger charge is 2.36. The van der Waals surface area contributed by atoms with Crippen molar-refractivity contribution in [1.82, 2.24) is 20.2 Å². The molecular formula is C15H23N5O. The van der Waals surface area contributed by atoms with Gasteiger partial charge in [-0.3, -0.25) is 4.79 Å². The molecule has 2 saturated heterocycles. The van der Waals surface area contributed by atoms with Crippen LogP contribution in [0, 0.1) is 0 Å². The van der Waals surface area contributed by atoms with Gasteiger partial charge in [-0.2, -0.15) is 0 Å². The van der Waals surface area contributed by atoms with E-state index >= 15 is 0 Å². The van der Waals surface area contributed by atoms with E-state index in [-0.39, 0.29) is 0 Å². The van der Waals surface area contributed by atoms with Crippen LogP contribution in [0.5, 0.6) is 0 Å². The van der Waals surface area contributed by atoms with Crippen LogP contribution >= 0.6 is 0 Å². The molecule has 0 aromatic carbocycles. The molecule has 3 heterocycles. The molecule has 1 unspecified atom stereocenters. The van der Waals surface area contributed by atoms with Crippen LogP contribution in [0.15, 0.2) is 12.4 Å². The molecule has 0 spiro atoms. The van der Waals surface area contributed by atoms with Crippen molar-refractivity contribution >= 4 is 11.9 Å². The Balaban J connectivity index is 1.61. The number of hydrogen-bond donors (Lipinski definition) is 1. The van der Waals surface area contributed by atoms with Crippen LogP contribution in [0.1, 0.15) is 32.3 Å². The highest BCUT2D eigenvalue weighted by Crippen LogP contribution is 2.24. The second-order valence-electron chi connectivity index (χ2n) is 6.15. The average Bonchev–Trinajstić information content (AvgIpc) is 2.86. The number of aromatic nitrogens is 2. The molecule has 114 valence electrons. The van der Waals surface area contributed by atoms with Crippen molar-refractivity contribution in [3.05, 3.63) is 18.0 Å². The lowest BCUT2D eigenvalue weighted by Gasteiger charge is -2.37. The molecular weight excluding hydrogens is 266 g/mol. The molecule has 0 bridgehead atoms. The third-order valence-electron chi connectivity index (χ3n) is 4.18. The van der Waals surface area contributed by atoms with Crippen molar-refractivity contribution in [2.24, 2.45) is 0 Å². The summed E-state index contributed by atoms with van der Waals surface area (Å²) in [4.78, 5) is 24.9. The normalized spacial score (nSPS) is 22.0. The van der Waals surface area contributed by atoms with Gasteiger partial charge in [-0.05, 0) is 6.42 Å². The molecule has 2 aliphatic rings. The average molecular weight is 289 g/mol. The Morgan fingerprint density at radius 2 is 2.10 bits per heavy atom. The summed E-state index contributed by atoms with van der Waals surface area (Å²) in [5.41, 5.74) is 1.10. The number of amides is 1. The number of fused-ring (bicyclic) bond motifs is 1. The number of carbonyl (C=O) groups is 1. The first-order valence-electron chi connectivity index (χ1n) is 7.72. The van der Waals surface area contributed by atoms with Crippen molar-refractivity contribution < 1.29 is 4.79 Å². The second-order valence-corrected chi connectivity index (χ2v) is 6.15. The zero-order chi connectivity index (χ0) is 14.8. The molecule has 6 nitrogen and oxygen atoms in total. The standard InChI is InChI=1S/C15H23N5O/c1-11(2)16-7-12-8-17-15(18-9-12)19-5-6-20-13(10-19)3-4-14(20)21/h8-9,11,13,16H,3-7,10H2,1-2H3. The van der Waals surface area contributed by atoms with Gasteiger partial charge in [-0.15, -0.1) is 0 Å². The lowest BCUT2D eigenvalue weighted by molar-refractivity contribution is -0.129. The molecule has 21 heavy (non-hydrogen) atoms. The van der Waals surface area contributed by atoms with Crippen LogP contribution in [0.4, 0.5) is 5.95 Å². The molecule has 1 amide bonds. The van der Waals surface area contributed by atoms with Crippen molar-refractivity contribution in [2.75, 3.05) is 24.5 Å². The van der Waals surface area contributed by atoms with Gasteiger partial charge >= 0.3 is 0 Å². The summed E-state index contributed by atoms with van der Waals surface area (Å²) in [5, 5.41) is 3.36. The summed E-state index contributed by atoms with van der Waals surface area (Å²) < 4.78 is 0. The van der Waals surface area contributed by atoms with Gasteiger partial charge in [0.2, 0.25) is 11.9 Å². The molecule has 1 atom stereocenters. The van der Waals surface area contributed by atoms with Crippen molar-refractivity contribution in [1.29, 1.82) is 0 Å². The predicted octanol–water partition coefficient (Wildman–Crippen LogP) is 0.786. The highest BCUT2D eigenvalue weighted by atomic mass is 16.2. The predicted molar refractivity (Wildman–Crippen MR) is 81.0 cm³/mol. The quantitative estimate of drug-likeness (QED) is 0.888. The first-order valence-corrected chi connectivity index (χ1v) is 7.72. The Morgan fingerprint density at radius 3 is 2.81 bits per heavy atom. The largest absolute Gasteiger partial charge is 0.337 e. The van der Waals surface area contributed by atoms with E-state index in [1.807, 2.05) is 17.3 Å². The van der Waals surface area contributed by atoms with Gasteiger partial charge in [0.15, 0.2) is 0 Å².